The molecule has 0 fully saturated rings. The lowest BCUT2D eigenvalue weighted by Gasteiger charge is -2.15. The van der Waals surface area contributed by atoms with E-state index >= 15 is 0 Å². The van der Waals surface area contributed by atoms with Crippen LogP contribution in [0.15, 0.2) is 30.5 Å². The normalized spacial score (nSPS) is 11.7. The molecule has 94 valence electrons. The lowest BCUT2D eigenvalue weighted by atomic mass is 9.90. The van der Waals surface area contributed by atoms with Crippen molar-refractivity contribution in [2.75, 3.05) is 0 Å². The molecule has 0 bridgehead atoms. The highest BCUT2D eigenvalue weighted by Gasteiger charge is 2.15. The molecule has 0 saturated heterocycles. The highest BCUT2D eigenvalue weighted by atomic mass is 14.9. The van der Waals surface area contributed by atoms with Gasteiger partial charge in [-0.3, -0.25) is 0 Å². The molecule has 0 radical (unpaired) electrons. The highest BCUT2D eigenvalue weighted by Crippen LogP contribution is 2.23. The van der Waals surface area contributed by atoms with Crippen LogP contribution in [-0.2, 0) is 6.54 Å². The summed E-state index contributed by atoms with van der Waals surface area (Å²) in [6, 6.07) is 11.1. The van der Waals surface area contributed by atoms with Crippen molar-refractivity contribution < 1.29 is 0 Å². The van der Waals surface area contributed by atoms with Gasteiger partial charge in [-0.15, -0.1) is 0 Å². The van der Waals surface area contributed by atoms with Gasteiger partial charge in [0.25, 0.3) is 0 Å². The van der Waals surface area contributed by atoms with Crippen molar-refractivity contribution in [3.63, 3.8) is 0 Å². The summed E-state index contributed by atoms with van der Waals surface area (Å²) in [6.45, 7) is 7.11. The van der Waals surface area contributed by atoms with Gasteiger partial charge in [-0.2, -0.15) is 5.26 Å². The molecule has 2 heteroatoms. The molecular weight excluding hydrogens is 220 g/mol. The van der Waals surface area contributed by atoms with Crippen molar-refractivity contribution in [3.8, 4) is 6.07 Å². The van der Waals surface area contributed by atoms with Crippen LogP contribution in [0.4, 0.5) is 0 Å². The minimum Gasteiger partial charge on any atom is -0.347 e. The molecule has 1 heterocycles. The predicted molar refractivity (Wildman–Crippen MR) is 75.3 cm³/mol. The Hall–Kier alpha value is -1.75. The number of aryl methyl sites for hydroxylation is 2. The predicted octanol–water partition coefficient (Wildman–Crippen LogP) is 4.28. The zero-order chi connectivity index (χ0) is 13.2. The fourth-order valence-corrected chi connectivity index (χ4v) is 2.24. The van der Waals surface area contributed by atoms with Gasteiger partial charge in [0.1, 0.15) is 0 Å². The maximum atomic E-state index is 9.00. The molecule has 0 aliphatic carbocycles. The largest absolute Gasteiger partial charge is 0.347 e. The van der Waals surface area contributed by atoms with E-state index in [2.05, 4.69) is 48.0 Å². The first-order valence-corrected chi connectivity index (χ1v) is 6.49. The number of hydrogen-bond acceptors (Lipinski definition) is 1. The zero-order valence-electron chi connectivity index (χ0n) is 11.4. The molecule has 0 atom stereocenters. The quantitative estimate of drug-likeness (QED) is 0.784. The van der Waals surface area contributed by atoms with Crippen molar-refractivity contribution in [2.45, 2.75) is 40.2 Å². The fourth-order valence-electron chi connectivity index (χ4n) is 2.24. The van der Waals surface area contributed by atoms with Gasteiger partial charge < -0.3 is 4.57 Å². The van der Waals surface area contributed by atoms with E-state index in [0.717, 1.165) is 19.4 Å². The van der Waals surface area contributed by atoms with Crippen LogP contribution < -0.4 is 0 Å². The van der Waals surface area contributed by atoms with E-state index in [9.17, 15) is 0 Å². The first-order chi connectivity index (χ1) is 8.52. The highest BCUT2D eigenvalue weighted by molar-refractivity contribution is 5.80. The smallest absolute Gasteiger partial charge is 0.0683 e. The van der Waals surface area contributed by atoms with Gasteiger partial charge in [-0.1, -0.05) is 12.1 Å². The SMILES string of the molecule is Cc1ccc2ccn(CCCC(C)(C)C#N)c2c1. The summed E-state index contributed by atoms with van der Waals surface area (Å²) in [5.74, 6) is 0. The Morgan fingerprint density at radius 1 is 1.28 bits per heavy atom. The molecule has 0 aliphatic heterocycles. The molecule has 0 unspecified atom stereocenters. The second-order valence-electron chi connectivity index (χ2n) is 5.67. The van der Waals surface area contributed by atoms with Gasteiger partial charge in [0.05, 0.1) is 11.5 Å². The van der Waals surface area contributed by atoms with E-state index in [4.69, 9.17) is 5.26 Å². The van der Waals surface area contributed by atoms with Gasteiger partial charge in [0.15, 0.2) is 0 Å². The van der Waals surface area contributed by atoms with Gasteiger partial charge in [-0.25, -0.2) is 0 Å². The van der Waals surface area contributed by atoms with E-state index < -0.39 is 0 Å². The van der Waals surface area contributed by atoms with Crippen molar-refractivity contribution in [3.05, 3.63) is 36.0 Å². The third-order valence-electron chi connectivity index (χ3n) is 3.43. The van der Waals surface area contributed by atoms with Crippen LogP contribution in [0.2, 0.25) is 0 Å². The molecule has 2 nitrogen and oxygen atoms in total. The third-order valence-corrected chi connectivity index (χ3v) is 3.43. The molecule has 0 spiro atoms. The van der Waals surface area contributed by atoms with E-state index in [1.165, 1.54) is 16.5 Å². The van der Waals surface area contributed by atoms with Crippen LogP contribution in [0.25, 0.3) is 10.9 Å². The molecule has 0 aliphatic rings. The number of nitrogens with zero attached hydrogens (tertiary/aromatic N) is 2. The maximum Gasteiger partial charge on any atom is 0.0683 e. The Morgan fingerprint density at radius 2 is 2.06 bits per heavy atom. The monoisotopic (exact) mass is 240 g/mol. The Morgan fingerprint density at radius 3 is 2.78 bits per heavy atom. The Kier molecular flexibility index (Phi) is 3.43. The van der Waals surface area contributed by atoms with E-state index in [1.54, 1.807) is 0 Å². The Labute approximate surface area is 109 Å². The van der Waals surface area contributed by atoms with Gasteiger partial charge >= 0.3 is 0 Å². The minimum absolute atomic E-state index is 0.209. The topological polar surface area (TPSA) is 28.7 Å². The number of nitriles is 1. The summed E-state index contributed by atoms with van der Waals surface area (Å²) in [7, 11) is 0. The number of fused-ring (bicyclic) bond motifs is 1. The first kappa shape index (κ1) is 12.7. The second-order valence-corrected chi connectivity index (χ2v) is 5.67. The van der Waals surface area contributed by atoms with Gasteiger partial charge in [0.2, 0.25) is 0 Å². The van der Waals surface area contributed by atoms with E-state index in [-0.39, 0.29) is 5.41 Å². The molecular formula is C16H20N2. The van der Waals surface area contributed by atoms with Crippen LogP contribution in [-0.4, -0.2) is 4.57 Å². The summed E-state index contributed by atoms with van der Waals surface area (Å²) in [5, 5.41) is 10.3. The number of aromatic nitrogens is 1. The average Bonchev–Trinajstić information content (AvgIpc) is 2.72. The Balaban J connectivity index is 2.09. The molecule has 0 saturated carbocycles. The van der Waals surface area contributed by atoms with Gasteiger partial charge in [-0.05, 0) is 56.7 Å². The van der Waals surface area contributed by atoms with Crippen molar-refractivity contribution in [2.24, 2.45) is 5.41 Å². The van der Waals surface area contributed by atoms with Crippen LogP contribution in [0.3, 0.4) is 0 Å². The zero-order valence-corrected chi connectivity index (χ0v) is 11.4. The second kappa shape index (κ2) is 4.86. The van der Waals surface area contributed by atoms with E-state index in [1.807, 2.05) is 13.8 Å². The standard InChI is InChI=1S/C16H20N2/c1-13-5-6-14-7-10-18(15(14)11-13)9-4-8-16(2,3)12-17/h5-7,10-11H,4,8-9H2,1-3H3. The van der Waals surface area contributed by atoms with Crippen molar-refractivity contribution >= 4 is 10.9 Å². The fraction of sp³-hybridized carbons (Fsp3) is 0.438. The Bertz CT molecular complexity index is 585. The average molecular weight is 240 g/mol. The molecule has 0 N–H and O–H groups in total. The molecule has 2 rings (SSSR count). The summed E-state index contributed by atoms with van der Waals surface area (Å²) >= 11 is 0. The van der Waals surface area contributed by atoms with Crippen molar-refractivity contribution in [1.82, 2.24) is 4.57 Å². The van der Waals surface area contributed by atoms with E-state index in [0.29, 0.717) is 0 Å². The molecule has 1 aromatic carbocycles. The van der Waals surface area contributed by atoms with Crippen LogP contribution in [0, 0.1) is 23.7 Å². The third kappa shape index (κ3) is 2.73. The maximum absolute atomic E-state index is 9.00. The molecule has 2 aromatic rings. The number of hydrogen-bond donors (Lipinski definition) is 0. The van der Waals surface area contributed by atoms with Crippen LogP contribution in [0.1, 0.15) is 32.3 Å². The summed E-state index contributed by atoms with van der Waals surface area (Å²) < 4.78 is 2.29. The lowest BCUT2D eigenvalue weighted by molar-refractivity contribution is 0.418. The summed E-state index contributed by atoms with van der Waals surface area (Å²) in [6.07, 6.45) is 4.12. The lowest BCUT2D eigenvalue weighted by Crippen LogP contribution is -2.09. The van der Waals surface area contributed by atoms with Gasteiger partial charge in [0, 0.05) is 18.3 Å². The minimum atomic E-state index is -0.209. The summed E-state index contributed by atoms with van der Waals surface area (Å²) in [4.78, 5) is 0. The molecule has 1 aromatic heterocycles. The first-order valence-electron chi connectivity index (χ1n) is 6.49. The van der Waals surface area contributed by atoms with Crippen LogP contribution >= 0.6 is 0 Å². The number of rotatable bonds is 4. The number of benzene rings is 1. The van der Waals surface area contributed by atoms with Crippen LogP contribution in [0.5, 0.6) is 0 Å². The molecule has 0 amide bonds. The molecule has 18 heavy (non-hydrogen) atoms. The summed E-state index contributed by atoms with van der Waals surface area (Å²) in [5.41, 5.74) is 2.38. The van der Waals surface area contributed by atoms with Crippen molar-refractivity contribution in [1.29, 1.82) is 5.26 Å².